The highest BCUT2D eigenvalue weighted by Crippen LogP contribution is 2.50. The van der Waals surface area contributed by atoms with Gasteiger partial charge in [0, 0.05) is 11.8 Å². The van der Waals surface area contributed by atoms with Crippen LogP contribution in [0.4, 0.5) is 0 Å². The van der Waals surface area contributed by atoms with E-state index in [0.717, 1.165) is 22.3 Å². The molecule has 0 saturated carbocycles. The molecule has 6 heteroatoms. The van der Waals surface area contributed by atoms with Crippen molar-refractivity contribution in [2.24, 2.45) is 0 Å². The highest BCUT2D eigenvalue weighted by atomic mass is 16.6. The lowest BCUT2D eigenvalue weighted by Crippen LogP contribution is -2.19. The van der Waals surface area contributed by atoms with Crippen LogP contribution in [-0.4, -0.2) is 23.9 Å². The highest BCUT2D eigenvalue weighted by molar-refractivity contribution is 6.18. The van der Waals surface area contributed by atoms with E-state index in [-0.39, 0.29) is 28.2 Å². The number of carbonyl (C=O) groups is 4. The van der Waals surface area contributed by atoms with Gasteiger partial charge in [0.2, 0.25) is 0 Å². The van der Waals surface area contributed by atoms with Crippen molar-refractivity contribution >= 4 is 23.9 Å². The van der Waals surface area contributed by atoms with Crippen LogP contribution < -0.4 is 0 Å². The highest BCUT2D eigenvalue weighted by Gasteiger charge is 2.42. The fourth-order valence-corrected chi connectivity index (χ4v) is 4.80. The van der Waals surface area contributed by atoms with E-state index in [9.17, 15) is 19.2 Å². The second-order valence-electron chi connectivity index (χ2n) is 7.63. The standard InChI is InChI=1S/C24H12O6/c1-10-6-16-17(22(26)29-21(16)25)7-13-11-4-2-3-5-12(11)20(10)15-9-19-18(8-14(13)15)23(27)30-24(19)28/h2-9,13,20H,1H2/b16-6+,17-7+. The van der Waals surface area contributed by atoms with E-state index in [0.29, 0.717) is 5.57 Å². The maximum absolute atomic E-state index is 12.4. The lowest BCUT2D eigenvalue weighted by atomic mass is 9.69. The lowest BCUT2D eigenvalue weighted by Gasteiger charge is -2.33. The van der Waals surface area contributed by atoms with Crippen LogP contribution in [0.3, 0.4) is 0 Å². The third kappa shape index (κ3) is 2.02. The molecule has 30 heavy (non-hydrogen) atoms. The van der Waals surface area contributed by atoms with Crippen molar-refractivity contribution in [3.05, 3.63) is 105 Å². The summed E-state index contributed by atoms with van der Waals surface area (Å²) in [6.07, 6.45) is 3.27. The van der Waals surface area contributed by atoms with Crippen LogP contribution in [0.1, 0.15) is 54.8 Å². The number of rotatable bonds is 0. The molecule has 144 valence electrons. The number of ether oxygens (including phenoxy) is 2. The predicted octanol–water partition coefficient (Wildman–Crippen LogP) is 3.08. The van der Waals surface area contributed by atoms with E-state index < -0.39 is 29.8 Å². The molecule has 2 heterocycles. The van der Waals surface area contributed by atoms with Crippen molar-refractivity contribution < 1.29 is 28.7 Å². The zero-order valence-electron chi connectivity index (χ0n) is 15.4. The molecule has 2 unspecified atom stereocenters. The quantitative estimate of drug-likeness (QED) is 0.502. The summed E-state index contributed by atoms with van der Waals surface area (Å²) in [6, 6.07) is 11.0. The summed E-state index contributed by atoms with van der Waals surface area (Å²) in [5.74, 6) is -3.56. The van der Waals surface area contributed by atoms with Gasteiger partial charge in [-0.2, -0.15) is 0 Å². The fourth-order valence-electron chi connectivity index (χ4n) is 4.80. The average molecular weight is 396 g/mol. The molecule has 6 nitrogen and oxygen atoms in total. The third-order valence-corrected chi connectivity index (χ3v) is 6.09. The van der Waals surface area contributed by atoms with Crippen LogP contribution in [0.5, 0.6) is 0 Å². The first-order chi connectivity index (χ1) is 14.4. The molecular weight excluding hydrogens is 384 g/mol. The summed E-state index contributed by atoms with van der Waals surface area (Å²) in [6.45, 7) is 4.17. The van der Waals surface area contributed by atoms with Crippen molar-refractivity contribution in [2.75, 3.05) is 0 Å². The minimum absolute atomic E-state index is 0.170. The van der Waals surface area contributed by atoms with Gasteiger partial charge >= 0.3 is 23.9 Å². The van der Waals surface area contributed by atoms with Crippen LogP contribution in [0.2, 0.25) is 0 Å². The number of allylic oxidation sites excluding steroid dienone is 3. The Labute approximate surface area is 170 Å². The number of hydrogen-bond donors (Lipinski definition) is 0. The SMILES string of the molecule is C=C1/C=C2/C(=O)OC(=O)/C2=C/C2c3ccccc3C1c1cc3c(cc12)C(=O)OC3=O. The van der Waals surface area contributed by atoms with Crippen LogP contribution >= 0.6 is 0 Å². The Hall–Kier alpha value is -4.06. The molecule has 1 fully saturated rings. The Morgan fingerprint density at radius 3 is 2.03 bits per heavy atom. The van der Waals surface area contributed by atoms with E-state index >= 15 is 0 Å². The molecule has 2 aliphatic carbocycles. The number of benzene rings is 2. The molecule has 6 rings (SSSR count). The molecule has 0 aromatic heterocycles. The Balaban J connectivity index is 1.73. The molecular formula is C24H12O6. The minimum Gasteiger partial charge on any atom is -0.386 e. The van der Waals surface area contributed by atoms with Gasteiger partial charge in [-0.3, -0.25) is 0 Å². The molecule has 0 amide bonds. The summed E-state index contributed by atoms with van der Waals surface area (Å²) < 4.78 is 9.61. The summed E-state index contributed by atoms with van der Waals surface area (Å²) >= 11 is 0. The minimum atomic E-state index is -0.709. The number of cyclic esters (lactones) is 4. The number of esters is 4. The van der Waals surface area contributed by atoms with Crippen LogP contribution in [0.15, 0.2) is 71.8 Å². The summed E-state index contributed by atoms with van der Waals surface area (Å²) in [7, 11) is 0. The second-order valence-corrected chi connectivity index (χ2v) is 7.63. The van der Waals surface area contributed by atoms with E-state index in [1.807, 2.05) is 24.3 Å². The smallest absolute Gasteiger partial charge is 0.346 e. The first kappa shape index (κ1) is 16.9. The Morgan fingerprint density at radius 2 is 1.30 bits per heavy atom. The molecule has 0 radical (unpaired) electrons. The fraction of sp³-hybridized carbons (Fsp3) is 0.0833. The zero-order valence-corrected chi connectivity index (χ0v) is 15.4. The molecule has 2 aromatic carbocycles. The molecule has 2 aliphatic heterocycles. The number of fused-ring (bicyclic) bond motifs is 5. The molecule has 2 aromatic rings. The average Bonchev–Trinajstić information content (AvgIpc) is 3.17. The topological polar surface area (TPSA) is 86.7 Å². The van der Waals surface area contributed by atoms with Crippen molar-refractivity contribution in [3.8, 4) is 0 Å². The van der Waals surface area contributed by atoms with Gasteiger partial charge in [0.15, 0.2) is 0 Å². The molecule has 2 atom stereocenters. The van der Waals surface area contributed by atoms with Gasteiger partial charge < -0.3 is 9.47 Å². The third-order valence-electron chi connectivity index (χ3n) is 6.09. The summed E-state index contributed by atoms with van der Waals surface area (Å²) in [4.78, 5) is 49.0. The number of hydrogen-bond acceptors (Lipinski definition) is 6. The van der Waals surface area contributed by atoms with Gasteiger partial charge in [-0.1, -0.05) is 36.9 Å². The Bertz CT molecular complexity index is 1340. The summed E-state index contributed by atoms with van der Waals surface area (Å²) in [5.41, 5.74) is 4.79. The molecule has 1 saturated heterocycles. The molecule has 0 N–H and O–H groups in total. The first-order valence-electron chi connectivity index (χ1n) is 9.36. The largest absolute Gasteiger partial charge is 0.386 e. The monoisotopic (exact) mass is 396 g/mol. The van der Waals surface area contributed by atoms with Crippen molar-refractivity contribution in [3.63, 3.8) is 0 Å². The second kappa shape index (κ2) is 5.51. The van der Waals surface area contributed by atoms with Gasteiger partial charge in [-0.05, 0) is 46.0 Å². The molecule has 2 bridgehead atoms. The predicted molar refractivity (Wildman–Crippen MR) is 103 cm³/mol. The van der Waals surface area contributed by atoms with Crippen molar-refractivity contribution in [1.29, 1.82) is 0 Å². The molecule has 0 spiro atoms. The first-order valence-corrected chi connectivity index (χ1v) is 9.36. The van der Waals surface area contributed by atoms with Gasteiger partial charge in [-0.15, -0.1) is 0 Å². The van der Waals surface area contributed by atoms with Gasteiger partial charge in [0.05, 0.1) is 22.3 Å². The zero-order chi connectivity index (χ0) is 20.7. The number of carbonyl (C=O) groups excluding carboxylic acids is 4. The van der Waals surface area contributed by atoms with Crippen molar-refractivity contribution in [2.45, 2.75) is 11.8 Å². The van der Waals surface area contributed by atoms with E-state index in [1.54, 1.807) is 24.3 Å². The Morgan fingerprint density at radius 1 is 0.700 bits per heavy atom. The maximum atomic E-state index is 12.4. The molecule has 4 aliphatic rings. The van der Waals surface area contributed by atoms with Crippen LogP contribution in [0.25, 0.3) is 0 Å². The Kier molecular flexibility index (Phi) is 3.09. The van der Waals surface area contributed by atoms with Crippen molar-refractivity contribution in [1.82, 2.24) is 0 Å². The van der Waals surface area contributed by atoms with Gasteiger partial charge in [-0.25, -0.2) is 19.2 Å². The van der Waals surface area contributed by atoms with Gasteiger partial charge in [0.25, 0.3) is 0 Å². The maximum Gasteiger partial charge on any atom is 0.346 e. The van der Waals surface area contributed by atoms with E-state index in [2.05, 4.69) is 6.58 Å². The van der Waals surface area contributed by atoms with E-state index in [4.69, 9.17) is 9.47 Å². The van der Waals surface area contributed by atoms with Crippen LogP contribution in [-0.2, 0) is 19.1 Å². The normalized spacial score (nSPS) is 26.7. The summed E-state index contributed by atoms with van der Waals surface area (Å²) in [5, 5.41) is 0. The van der Waals surface area contributed by atoms with Gasteiger partial charge in [0.1, 0.15) is 0 Å². The van der Waals surface area contributed by atoms with Crippen LogP contribution in [0, 0.1) is 0 Å². The van der Waals surface area contributed by atoms with E-state index in [1.165, 1.54) is 0 Å². The lowest BCUT2D eigenvalue weighted by molar-refractivity contribution is -0.149.